The van der Waals surface area contributed by atoms with Crippen LogP contribution in [-0.4, -0.2) is 42.8 Å². The maximum absolute atomic E-state index is 12.8. The molecule has 24 heavy (non-hydrogen) atoms. The van der Waals surface area contributed by atoms with Gasteiger partial charge in [-0.2, -0.15) is 0 Å². The van der Waals surface area contributed by atoms with E-state index in [0.29, 0.717) is 5.91 Å². The number of Topliss-reactive ketones (excluding diaryl/α,β-unsaturated/α-hetero) is 1. The van der Waals surface area contributed by atoms with Crippen LogP contribution in [0.4, 0.5) is 0 Å². The van der Waals surface area contributed by atoms with Crippen molar-refractivity contribution in [2.75, 3.05) is 26.2 Å². The minimum Gasteiger partial charge on any atom is -0.342 e. The van der Waals surface area contributed by atoms with Gasteiger partial charge in [0.05, 0.1) is 0 Å². The second kappa shape index (κ2) is 7.47. The van der Waals surface area contributed by atoms with E-state index in [2.05, 4.69) is 11.4 Å². The van der Waals surface area contributed by atoms with Crippen molar-refractivity contribution in [1.29, 1.82) is 0 Å². The van der Waals surface area contributed by atoms with Crippen molar-refractivity contribution in [3.8, 4) is 0 Å². The Morgan fingerprint density at radius 2 is 1.50 bits per heavy atom. The van der Waals surface area contributed by atoms with Crippen molar-refractivity contribution >= 4 is 11.7 Å². The van der Waals surface area contributed by atoms with E-state index in [1.54, 1.807) is 0 Å². The molecule has 1 N–H and O–H groups in total. The fraction of sp³-hybridized carbons (Fsp3) is 0.600. The van der Waals surface area contributed by atoms with Crippen LogP contribution in [0.5, 0.6) is 0 Å². The zero-order valence-electron chi connectivity index (χ0n) is 14.8. The number of rotatable bonds is 3. The van der Waals surface area contributed by atoms with E-state index in [1.165, 1.54) is 0 Å². The Morgan fingerprint density at radius 1 is 0.917 bits per heavy atom. The number of nitrogens with one attached hydrogen (secondary N) is 1. The lowest BCUT2D eigenvalue weighted by Gasteiger charge is -2.35. The second-order valence-electron chi connectivity index (χ2n) is 7.36. The third-order valence-corrected chi connectivity index (χ3v) is 5.37. The zero-order chi connectivity index (χ0) is 17.1. The molecule has 1 aromatic carbocycles. The molecule has 2 saturated heterocycles. The molecule has 1 amide bonds. The predicted octanol–water partition coefficient (Wildman–Crippen LogP) is 2.72. The number of hydrogen-bond acceptors (Lipinski definition) is 3. The van der Waals surface area contributed by atoms with Gasteiger partial charge < -0.3 is 10.2 Å². The maximum Gasteiger partial charge on any atom is 0.225 e. The molecule has 0 saturated carbocycles. The molecular weight excluding hydrogens is 300 g/mol. The number of carbonyl (C=O) groups excluding carboxylic acids is 2. The summed E-state index contributed by atoms with van der Waals surface area (Å²) < 4.78 is 0. The Labute approximate surface area is 144 Å². The highest BCUT2D eigenvalue weighted by molar-refractivity contribution is 5.98. The number of likely N-dealkylation sites (tertiary alicyclic amines) is 1. The summed E-state index contributed by atoms with van der Waals surface area (Å²) in [7, 11) is 0. The van der Waals surface area contributed by atoms with Crippen LogP contribution in [0.2, 0.25) is 0 Å². The first-order valence-electron chi connectivity index (χ1n) is 9.16. The molecule has 130 valence electrons. The molecule has 4 nitrogen and oxygen atoms in total. The van der Waals surface area contributed by atoms with E-state index in [-0.39, 0.29) is 17.6 Å². The fourth-order valence-electron chi connectivity index (χ4n) is 4.04. The van der Waals surface area contributed by atoms with E-state index in [4.69, 9.17) is 0 Å². The summed E-state index contributed by atoms with van der Waals surface area (Å²) in [6, 6.07) is 6.07. The molecule has 0 aromatic heterocycles. The van der Waals surface area contributed by atoms with E-state index < -0.39 is 0 Å². The number of ketones is 1. The Kier molecular flexibility index (Phi) is 5.34. The van der Waals surface area contributed by atoms with Crippen LogP contribution in [0.25, 0.3) is 0 Å². The predicted molar refractivity (Wildman–Crippen MR) is 95.1 cm³/mol. The maximum atomic E-state index is 12.8. The first-order chi connectivity index (χ1) is 11.5. The van der Waals surface area contributed by atoms with Gasteiger partial charge in [-0.15, -0.1) is 0 Å². The number of carbonyl (C=O) groups is 2. The minimum atomic E-state index is 0.0586. The van der Waals surface area contributed by atoms with Crippen LogP contribution in [-0.2, 0) is 4.79 Å². The van der Waals surface area contributed by atoms with Gasteiger partial charge in [0.25, 0.3) is 0 Å². The molecule has 0 spiro atoms. The fourth-order valence-corrected chi connectivity index (χ4v) is 4.04. The number of aryl methyl sites for hydroxylation is 2. The minimum absolute atomic E-state index is 0.0586. The lowest BCUT2D eigenvalue weighted by molar-refractivity contribution is -0.137. The average Bonchev–Trinajstić information content (AvgIpc) is 2.60. The van der Waals surface area contributed by atoms with Crippen molar-refractivity contribution in [3.05, 3.63) is 34.9 Å². The van der Waals surface area contributed by atoms with Crippen molar-refractivity contribution in [1.82, 2.24) is 10.2 Å². The number of hydrogen-bond donors (Lipinski definition) is 1. The van der Waals surface area contributed by atoms with Crippen molar-refractivity contribution in [2.24, 2.45) is 11.8 Å². The molecule has 2 fully saturated rings. The van der Waals surface area contributed by atoms with E-state index in [1.807, 2.05) is 30.9 Å². The van der Waals surface area contributed by atoms with Crippen LogP contribution >= 0.6 is 0 Å². The monoisotopic (exact) mass is 328 g/mol. The highest BCUT2D eigenvalue weighted by Gasteiger charge is 2.31. The molecule has 0 aliphatic carbocycles. The van der Waals surface area contributed by atoms with Gasteiger partial charge in [-0.3, -0.25) is 9.59 Å². The molecule has 0 bridgehead atoms. The summed E-state index contributed by atoms with van der Waals surface area (Å²) in [5, 5.41) is 3.31. The normalized spacial score (nSPS) is 20.2. The van der Waals surface area contributed by atoms with Crippen molar-refractivity contribution < 1.29 is 9.59 Å². The number of amides is 1. The Balaban J connectivity index is 1.58. The quantitative estimate of drug-likeness (QED) is 0.868. The number of benzene rings is 1. The van der Waals surface area contributed by atoms with Gasteiger partial charge in [0.1, 0.15) is 0 Å². The summed E-state index contributed by atoms with van der Waals surface area (Å²) in [6.45, 7) is 7.40. The molecule has 1 aromatic rings. The Bertz CT molecular complexity index is 592. The van der Waals surface area contributed by atoms with Crippen molar-refractivity contribution in [2.45, 2.75) is 39.5 Å². The standard InChI is InChI=1S/C20H28N2O2/c1-14-11-15(2)13-18(12-14)19(23)16-5-9-22(10-6-16)20(24)17-3-7-21-8-4-17/h11-13,16-17,21H,3-10H2,1-2H3. The topological polar surface area (TPSA) is 49.4 Å². The highest BCUT2D eigenvalue weighted by Crippen LogP contribution is 2.25. The summed E-state index contributed by atoms with van der Waals surface area (Å²) >= 11 is 0. The van der Waals surface area contributed by atoms with Crippen LogP contribution in [0, 0.1) is 25.7 Å². The second-order valence-corrected chi connectivity index (χ2v) is 7.36. The lowest BCUT2D eigenvalue weighted by atomic mass is 9.87. The molecule has 0 atom stereocenters. The lowest BCUT2D eigenvalue weighted by Crippen LogP contribution is -2.45. The van der Waals surface area contributed by atoms with Gasteiger partial charge in [0.15, 0.2) is 5.78 Å². The van der Waals surface area contributed by atoms with Gasteiger partial charge in [0, 0.05) is 30.5 Å². The van der Waals surface area contributed by atoms with Gasteiger partial charge in [0.2, 0.25) is 5.91 Å². The molecule has 4 heteroatoms. The smallest absolute Gasteiger partial charge is 0.225 e. The van der Waals surface area contributed by atoms with E-state index in [0.717, 1.165) is 68.6 Å². The molecule has 2 aliphatic heterocycles. The van der Waals surface area contributed by atoms with Crippen LogP contribution in [0.15, 0.2) is 18.2 Å². The third-order valence-electron chi connectivity index (χ3n) is 5.37. The van der Waals surface area contributed by atoms with E-state index in [9.17, 15) is 9.59 Å². The van der Waals surface area contributed by atoms with Crippen LogP contribution in [0.1, 0.15) is 47.2 Å². The van der Waals surface area contributed by atoms with Crippen LogP contribution in [0.3, 0.4) is 0 Å². The average molecular weight is 328 g/mol. The third kappa shape index (κ3) is 3.86. The van der Waals surface area contributed by atoms with Gasteiger partial charge >= 0.3 is 0 Å². The number of nitrogens with zero attached hydrogens (tertiary/aromatic N) is 1. The zero-order valence-corrected chi connectivity index (χ0v) is 14.8. The molecule has 0 radical (unpaired) electrons. The molecular formula is C20H28N2O2. The first kappa shape index (κ1) is 17.2. The summed E-state index contributed by atoms with van der Waals surface area (Å²) in [5.41, 5.74) is 3.10. The first-order valence-corrected chi connectivity index (χ1v) is 9.16. The Morgan fingerprint density at radius 3 is 2.08 bits per heavy atom. The number of piperidine rings is 2. The van der Waals surface area contributed by atoms with E-state index >= 15 is 0 Å². The molecule has 2 aliphatic rings. The SMILES string of the molecule is Cc1cc(C)cc(C(=O)C2CCN(C(=O)C3CCNCC3)CC2)c1. The summed E-state index contributed by atoms with van der Waals surface area (Å²) in [5.74, 6) is 0.783. The molecule has 0 unspecified atom stereocenters. The largest absolute Gasteiger partial charge is 0.342 e. The summed E-state index contributed by atoms with van der Waals surface area (Å²) in [6.07, 6.45) is 3.48. The Hall–Kier alpha value is -1.68. The molecule has 2 heterocycles. The van der Waals surface area contributed by atoms with Crippen LogP contribution < -0.4 is 5.32 Å². The van der Waals surface area contributed by atoms with Gasteiger partial charge in [-0.25, -0.2) is 0 Å². The van der Waals surface area contributed by atoms with Gasteiger partial charge in [-0.1, -0.05) is 17.2 Å². The highest BCUT2D eigenvalue weighted by atomic mass is 16.2. The van der Waals surface area contributed by atoms with Crippen molar-refractivity contribution in [3.63, 3.8) is 0 Å². The molecule has 3 rings (SSSR count). The summed E-state index contributed by atoms with van der Waals surface area (Å²) in [4.78, 5) is 27.4. The van der Waals surface area contributed by atoms with Gasteiger partial charge in [-0.05, 0) is 64.8 Å².